The van der Waals surface area contributed by atoms with Gasteiger partial charge in [0.2, 0.25) is 5.91 Å². The van der Waals surface area contributed by atoms with E-state index in [1.807, 2.05) is 44.2 Å². The van der Waals surface area contributed by atoms with Gasteiger partial charge in [-0.3, -0.25) is 4.79 Å². The molecule has 3 N–H and O–H groups in total. The fourth-order valence-electron chi connectivity index (χ4n) is 1.16. The first kappa shape index (κ1) is 10.6. The summed E-state index contributed by atoms with van der Waals surface area (Å²) < 4.78 is 0. The summed E-state index contributed by atoms with van der Waals surface area (Å²) in [4.78, 5) is 11.2. The Morgan fingerprint density at radius 3 is 2.43 bits per heavy atom. The van der Waals surface area contributed by atoms with Crippen LogP contribution in [-0.4, -0.2) is 11.4 Å². The van der Waals surface area contributed by atoms with Crippen LogP contribution in [0.5, 0.6) is 0 Å². The SMILES string of the molecule is CCC(C)(Nc1ccccc1)C(N)=O. The summed E-state index contributed by atoms with van der Waals surface area (Å²) >= 11 is 0. The second-order valence-electron chi connectivity index (χ2n) is 3.54. The van der Waals surface area contributed by atoms with E-state index in [0.717, 1.165) is 5.69 Å². The highest BCUT2D eigenvalue weighted by molar-refractivity contribution is 5.87. The lowest BCUT2D eigenvalue weighted by Gasteiger charge is -2.27. The van der Waals surface area contributed by atoms with Crippen LogP contribution in [0.2, 0.25) is 0 Å². The monoisotopic (exact) mass is 192 g/mol. The summed E-state index contributed by atoms with van der Waals surface area (Å²) in [7, 11) is 0. The van der Waals surface area contributed by atoms with Crippen molar-refractivity contribution in [2.45, 2.75) is 25.8 Å². The van der Waals surface area contributed by atoms with Crippen molar-refractivity contribution >= 4 is 11.6 Å². The van der Waals surface area contributed by atoms with Crippen LogP contribution >= 0.6 is 0 Å². The zero-order valence-electron chi connectivity index (χ0n) is 8.58. The van der Waals surface area contributed by atoms with Crippen molar-refractivity contribution in [2.75, 3.05) is 5.32 Å². The first-order valence-electron chi connectivity index (χ1n) is 4.71. The number of nitrogens with one attached hydrogen (secondary N) is 1. The molecule has 0 heterocycles. The molecule has 76 valence electrons. The maximum Gasteiger partial charge on any atom is 0.242 e. The summed E-state index contributed by atoms with van der Waals surface area (Å²) in [5.74, 6) is -0.330. The topological polar surface area (TPSA) is 55.1 Å². The van der Waals surface area contributed by atoms with Crippen molar-refractivity contribution in [1.29, 1.82) is 0 Å². The number of carbonyl (C=O) groups is 1. The summed E-state index contributed by atoms with van der Waals surface area (Å²) in [5, 5.41) is 3.13. The van der Waals surface area contributed by atoms with Crippen LogP contribution in [0.15, 0.2) is 30.3 Å². The van der Waals surface area contributed by atoms with Gasteiger partial charge in [0, 0.05) is 5.69 Å². The fourth-order valence-corrected chi connectivity index (χ4v) is 1.16. The van der Waals surface area contributed by atoms with Crippen LogP contribution in [0.1, 0.15) is 20.3 Å². The predicted octanol–water partition coefficient (Wildman–Crippen LogP) is 1.75. The number of hydrogen-bond acceptors (Lipinski definition) is 2. The lowest BCUT2D eigenvalue weighted by atomic mass is 9.97. The molecule has 1 unspecified atom stereocenters. The minimum Gasteiger partial charge on any atom is -0.371 e. The molecule has 14 heavy (non-hydrogen) atoms. The Balaban J connectivity index is 2.81. The van der Waals surface area contributed by atoms with Crippen LogP contribution in [0, 0.1) is 0 Å². The molecule has 1 amide bonds. The fraction of sp³-hybridized carbons (Fsp3) is 0.364. The highest BCUT2D eigenvalue weighted by Crippen LogP contribution is 2.17. The van der Waals surface area contributed by atoms with Gasteiger partial charge in [-0.1, -0.05) is 25.1 Å². The van der Waals surface area contributed by atoms with Gasteiger partial charge in [-0.05, 0) is 25.5 Å². The minimum absolute atomic E-state index is 0.330. The molecule has 3 heteroatoms. The van der Waals surface area contributed by atoms with Gasteiger partial charge in [0.05, 0.1) is 0 Å². The van der Waals surface area contributed by atoms with E-state index in [1.54, 1.807) is 0 Å². The van der Waals surface area contributed by atoms with E-state index in [4.69, 9.17) is 5.73 Å². The Morgan fingerprint density at radius 1 is 1.43 bits per heavy atom. The number of primary amides is 1. The average molecular weight is 192 g/mol. The van der Waals surface area contributed by atoms with E-state index in [-0.39, 0.29) is 5.91 Å². The highest BCUT2D eigenvalue weighted by atomic mass is 16.1. The molecule has 0 fully saturated rings. The number of nitrogens with two attached hydrogens (primary N) is 1. The number of para-hydroxylation sites is 1. The van der Waals surface area contributed by atoms with Gasteiger partial charge in [0.1, 0.15) is 5.54 Å². The number of anilines is 1. The van der Waals surface area contributed by atoms with Crippen LogP contribution in [0.3, 0.4) is 0 Å². The van der Waals surface area contributed by atoms with Crippen LogP contribution in [0.25, 0.3) is 0 Å². The first-order valence-corrected chi connectivity index (χ1v) is 4.71. The Kier molecular flexibility index (Phi) is 3.12. The highest BCUT2D eigenvalue weighted by Gasteiger charge is 2.28. The van der Waals surface area contributed by atoms with Crippen molar-refractivity contribution in [3.63, 3.8) is 0 Å². The minimum atomic E-state index is -0.665. The van der Waals surface area contributed by atoms with E-state index in [2.05, 4.69) is 5.32 Å². The van der Waals surface area contributed by atoms with E-state index >= 15 is 0 Å². The number of hydrogen-bond donors (Lipinski definition) is 2. The van der Waals surface area contributed by atoms with Crippen LogP contribution in [-0.2, 0) is 4.79 Å². The lowest BCUT2D eigenvalue weighted by molar-refractivity contribution is -0.121. The van der Waals surface area contributed by atoms with E-state index in [1.165, 1.54) is 0 Å². The van der Waals surface area contributed by atoms with Crippen molar-refractivity contribution in [3.8, 4) is 0 Å². The van der Waals surface area contributed by atoms with Crippen molar-refractivity contribution < 1.29 is 4.79 Å². The zero-order chi connectivity index (χ0) is 10.6. The first-order chi connectivity index (χ1) is 6.58. The molecule has 1 aromatic rings. The Labute approximate surface area is 84.3 Å². The third kappa shape index (κ3) is 2.25. The van der Waals surface area contributed by atoms with Gasteiger partial charge in [0.15, 0.2) is 0 Å². The van der Waals surface area contributed by atoms with Gasteiger partial charge in [-0.2, -0.15) is 0 Å². The van der Waals surface area contributed by atoms with Gasteiger partial charge >= 0.3 is 0 Å². The maximum absolute atomic E-state index is 11.2. The molecule has 0 bridgehead atoms. The van der Waals surface area contributed by atoms with E-state index < -0.39 is 5.54 Å². The quantitative estimate of drug-likeness (QED) is 0.763. The molecular weight excluding hydrogens is 176 g/mol. The Morgan fingerprint density at radius 2 is 2.00 bits per heavy atom. The molecule has 0 aliphatic carbocycles. The third-order valence-electron chi connectivity index (χ3n) is 2.44. The normalized spacial score (nSPS) is 14.4. The maximum atomic E-state index is 11.2. The second kappa shape index (κ2) is 4.13. The molecule has 0 aliphatic rings. The largest absolute Gasteiger partial charge is 0.371 e. The molecule has 3 nitrogen and oxygen atoms in total. The molecule has 0 aliphatic heterocycles. The predicted molar refractivity (Wildman–Crippen MR) is 58.0 cm³/mol. The zero-order valence-corrected chi connectivity index (χ0v) is 8.58. The molecule has 1 rings (SSSR count). The molecule has 0 aromatic heterocycles. The van der Waals surface area contributed by atoms with E-state index in [9.17, 15) is 4.79 Å². The number of amides is 1. The number of carbonyl (C=O) groups excluding carboxylic acids is 1. The van der Waals surface area contributed by atoms with Crippen LogP contribution < -0.4 is 11.1 Å². The Bertz CT molecular complexity index is 310. The summed E-state index contributed by atoms with van der Waals surface area (Å²) in [6, 6.07) is 9.59. The van der Waals surface area contributed by atoms with Crippen molar-refractivity contribution in [2.24, 2.45) is 5.73 Å². The molecule has 0 saturated carbocycles. The van der Waals surface area contributed by atoms with Gasteiger partial charge < -0.3 is 11.1 Å². The van der Waals surface area contributed by atoms with Crippen molar-refractivity contribution in [3.05, 3.63) is 30.3 Å². The summed E-state index contributed by atoms with van der Waals surface area (Å²) in [6.07, 6.45) is 0.664. The standard InChI is InChI=1S/C11H16N2O/c1-3-11(2,10(12)14)13-9-7-5-4-6-8-9/h4-8,13H,3H2,1-2H3,(H2,12,14). The summed E-state index contributed by atoms with van der Waals surface area (Å²) in [6.45, 7) is 3.74. The van der Waals surface area contributed by atoms with Gasteiger partial charge in [-0.25, -0.2) is 0 Å². The Hall–Kier alpha value is -1.51. The molecule has 1 aromatic carbocycles. The molecule has 0 spiro atoms. The molecule has 0 saturated heterocycles. The van der Waals surface area contributed by atoms with Crippen LogP contribution in [0.4, 0.5) is 5.69 Å². The number of rotatable bonds is 4. The molecule has 1 atom stereocenters. The van der Waals surface area contributed by atoms with Crippen molar-refractivity contribution in [1.82, 2.24) is 0 Å². The third-order valence-corrected chi connectivity index (χ3v) is 2.44. The smallest absolute Gasteiger partial charge is 0.242 e. The lowest BCUT2D eigenvalue weighted by Crippen LogP contribution is -2.47. The van der Waals surface area contributed by atoms with E-state index in [0.29, 0.717) is 6.42 Å². The summed E-state index contributed by atoms with van der Waals surface area (Å²) in [5.41, 5.74) is 5.58. The second-order valence-corrected chi connectivity index (χ2v) is 3.54. The molecular formula is C11H16N2O. The molecule has 0 radical (unpaired) electrons. The number of benzene rings is 1. The van der Waals surface area contributed by atoms with Gasteiger partial charge in [0.25, 0.3) is 0 Å². The average Bonchev–Trinajstić information content (AvgIpc) is 2.19. The van der Waals surface area contributed by atoms with Gasteiger partial charge in [-0.15, -0.1) is 0 Å².